The number of nitrogens with zero attached hydrogens (tertiary/aromatic N) is 5. The Morgan fingerprint density at radius 2 is 1.74 bits per heavy atom. The topological polar surface area (TPSA) is 69.5 Å². The molecular weight excluding hydrogens is 472 g/mol. The second-order valence-electron chi connectivity index (χ2n) is 11.4. The average molecular weight is 519 g/mol. The van der Waals surface area contributed by atoms with Gasteiger partial charge >= 0.3 is 0 Å². The number of rotatable bonds is 9. The second-order valence-corrected chi connectivity index (χ2v) is 11.4. The van der Waals surface area contributed by atoms with Crippen LogP contribution in [0.2, 0.25) is 0 Å². The minimum absolute atomic E-state index is 0.170. The number of hydrogen-bond acceptors (Lipinski definition) is 6. The van der Waals surface area contributed by atoms with Crippen molar-refractivity contribution in [1.82, 2.24) is 24.3 Å². The standard InChI is InChI=1S/C31H46N6O/c1-4-7-23(3)33-31-32-20-28-29(22-37(30(28)34-31)26-12-14-27(38)15-13-26)25-10-8-24(9-11-25)21-36-17-6-16-35(5-2)18-19-36/h8-11,20,22-23,26-27,38H,4-7,12-19,21H2,1-3H3,(H,32,33,34)/t23-,26?,27?/m0/s1. The van der Waals surface area contributed by atoms with E-state index in [1.165, 1.54) is 42.7 Å². The van der Waals surface area contributed by atoms with Gasteiger partial charge in [0.2, 0.25) is 5.95 Å². The molecule has 1 aliphatic carbocycles. The highest BCUT2D eigenvalue weighted by Crippen LogP contribution is 2.37. The molecule has 5 rings (SSSR count). The van der Waals surface area contributed by atoms with Crippen molar-refractivity contribution in [2.24, 2.45) is 0 Å². The highest BCUT2D eigenvalue weighted by Gasteiger charge is 2.24. The van der Waals surface area contributed by atoms with Crippen molar-refractivity contribution in [2.45, 2.75) is 90.4 Å². The number of anilines is 1. The van der Waals surface area contributed by atoms with E-state index in [0.717, 1.165) is 69.2 Å². The molecule has 3 aromatic rings. The zero-order chi connectivity index (χ0) is 26.5. The van der Waals surface area contributed by atoms with E-state index in [0.29, 0.717) is 18.0 Å². The van der Waals surface area contributed by atoms with Gasteiger partial charge in [0.1, 0.15) is 5.65 Å². The number of nitrogens with one attached hydrogen (secondary N) is 1. The lowest BCUT2D eigenvalue weighted by atomic mass is 9.93. The van der Waals surface area contributed by atoms with Crippen LogP contribution in [0.4, 0.5) is 5.95 Å². The van der Waals surface area contributed by atoms with Crippen molar-refractivity contribution in [3.63, 3.8) is 0 Å². The van der Waals surface area contributed by atoms with Crippen molar-refractivity contribution >= 4 is 17.0 Å². The Morgan fingerprint density at radius 3 is 2.47 bits per heavy atom. The van der Waals surface area contributed by atoms with E-state index >= 15 is 0 Å². The van der Waals surface area contributed by atoms with Crippen molar-refractivity contribution in [1.29, 1.82) is 0 Å². The largest absolute Gasteiger partial charge is 0.393 e. The van der Waals surface area contributed by atoms with Crippen LogP contribution in [0.1, 0.15) is 77.3 Å². The molecule has 0 spiro atoms. The number of fused-ring (bicyclic) bond motifs is 1. The van der Waals surface area contributed by atoms with Gasteiger partial charge in [0.05, 0.1) is 6.10 Å². The molecule has 1 saturated heterocycles. The summed E-state index contributed by atoms with van der Waals surface area (Å²) in [5.41, 5.74) is 4.78. The van der Waals surface area contributed by atoms with E-state index in [1.807, 2.05) is 6.20 Å². The highest BCUT2D eigenvalue weighted by molar-refractivity contribution is 5.94. The number of benzene rings is 1. The lowest BCUT2D eigenvalue weighted by Crippen LogP contribution is -2.30. The van der Waals surface area contributed by atoms with Gasteiger partial charge in [-0.05, 0) is 76.2 Å². The zero-order valence-corrected chi connectivity index (χ0v) is 23.6. The summed E-state index contributed by atoms with van der Waals surface area (Å²) in [5.74, 6) is 0.703. The smallest absolute Gasteiger partial charge is 0.224 e. The van der Waals surface area contributed by atoms with E-state index < -0.39 is 0 Å². The summed E-state index contributed by atoms with van der Waals surface area (Å²) in [6, 6.07) is 9.82. The highest BCUT2D eigenvalue weighted by atomic mass is 16.3. The van der Waals surface area contributed by atoms with Gasteiger partial charge < -0.3 is 19.9 Å². The fourth-order valence-corrected chi connectivity index (χ4v) is 6.22. The Labute approximate surface area is 228 Å². The van der Waals surface area contributed by atoms with Crippen LogP contribution in [0.15, 0.2) is 36.7 Å². The Morgan fingerprint density at radius 1 is 1.00 bits per heavy atom. The van der Waals surface area contributed by atoms with E-state index in [2.05, 4.69) is 70.9 Å². The Bertz CT molecular complexity index is 1170. The van der Waals surface area contributed by atoms with Gasteiger partial charge in [-0.25, -0.2) is 4.98 Å². The van der Waals surface area contributed by atoms with Gasteiger partial charge in [-0.3, -0.25) is 4.90 Å². The minimum Gasteiger partial charge on any atom is -0.393 e. The molecule has 0 unspecified atom stereocenters. The Kier molecular flexibility index (Phi) is 8.97. The van der Waals surface area contributed by atoms with Crippen molar-refractivity contribution in [2.75, 3.05) is 38.0 Å². The number of aromatic nitrogens is 3. The van der Waals surface area contributed by atoms with Crippen LogP contribution >= 0.6 is 0 Å². The molecule has 1 atom stereocenters. The minimum atomic E-state index is -0.170. The fraction of sp³-hybridized carbons (Fsp3) is 0.613. The SMILES string of the molecule is CCC[C@H](C)Nc1ncc2c(-c3ccc(CN4CCCN(CC)CC4)cc3)cn(C3CCC(O)CC3)c2n1. The van der Waals surface area contributed by atoms with Gasteiger partial charge in [0.25, 0.3) is 0 Å². The quantitative estimate of drug-likeness (QED) is 0.379. The maximum Gasteiger partial charge on any atom is 0.224 e. The van der Waals surface area contributed by atoms with Crippen LogP contribution in [0.3, 0.4) is 0 Å². The molecule has 1 aromatic carbocycles. The van der Waals surface area contributed by atoms with Gasteiger partial charge in [-0.1, -0.05) is 44.5 Å². The summed E-state index contributed by atoms with van der Waals surface area (Å²) in [6.07, 6.45) is 11.2. The van der Waals surface area contributed by atoms with Crippen LogP contribution in [-0.2, 0) is 6.54 Å². The summed E-state index contributed by atoms with van der Waals surface area (Å²) in [6.45, 7) is 13.5. The number of likely N-dealkylation sites (N-methyl/N-ethyl adjacent to an activating group) is 1. The molecular formula is C31H46N6O. The molecule has 0 radical (unpaired) electrons. The van der Waals surface area contributed by atoms with Crippen LogP contribution in [0.25, 0.3) is 22.2 Å². The lowest BCUT2D eigenvalue weighted by molar-refractivity contribution is 0.111. The molecule has 3 heterocycles. The summed E-state index contributed by atoms with van der Waals surface area (Å²) >= 11 is 0. The molecule has 38 heavy (non-hydrogen) atoms. The molecule has 7 nitrogen and oxygen atoms in total. The molecule has 2 aliphatic rings. The molecule has 2 fully saturated rings. The summed E-state index contributed by atoms with van der Waals surface area (Å²) in [7, 11) is 0. The van der Waals surface area contributed by atoms with Crippen molar-refractivity contribution < 1.29 is 5.11 Å². The first kappa shape index (κ1) is 27.1. The molecule has 0 amide bonds. The van der Waals surface area contributed by atoms with E-state index in [9.17, 15) is 5.11 Å². The predicted octanol–water partition coefficient (Wildman–Crippen LogP) is 5.70. The third-order valence-electron chi connectivity index (χ3n) is 8.53. The molecule has 7 heteroatoms. The molecule has 2 N–H and O–H groups in total. The number of aliphatic hydroxyl groups is 1. The summed E-state index contributed by atoms with van der Waals surface area (Å²) < 4.78 is 2.36. The molecule has 2 aromatic heterocycles. The first-order valence-corrected chi connectivity index (χ1v) is 14.9. The Hall–Kier alpha value is -2.48. The summed E-state index contributed by atoms with van der Waals surface area (Å²) in [5, 5.41) is 14.7. The first-order chi connectivity index (χ1) is 18.5. The maximum absolute atomic E-state index is 10.1. The van der Waals surface area contributed by atoms with Gasteiger partial charge in [0.15, 0.2) is 0 Å². The normalized spacial score (nSPS) is 22.4. The third-order valence-corrected chi connectivity index (χ3v) is 8.53. The molecule has 1 saturated carbocycles. The van der Waals surface area contributed by atoms with Crippen LogP contribution in [0, 0.1) is 0 Å². The lowest BCUT2D eigenvalue weighted by Gasteiger charge is -2.27. The zero-order valence-electron chi connectivity index (χ0n) is 23.6. The van der Waals surface area contributed by atoms with E-state index in [1.54, 1.807) is 0 Å². The van der Waals surface area contributed by atoms with Gasteiger partial charge in [-0.2, -0.15) is 4.98 Å². The van der Waals surface area contributed by atoms with E-state index in [-0.39, 0.29) is 6.10 Å². The van der Waals surface area contributed by atoms with Crippen LogP contribution < -0.4 is 5.32 Å². The Balaban J connectivity index is 1.40. The van der Waals surface area contributed by atoms with E-state index in [4.69, 9.17) is 9.97 Å². The van der Waals surface area contributed by atoms with Gasteiger partial charge in [-0.15, -0.1) is 0 Å². The van der Waals surface area contributed by atoms with Crippen molar-refractivity contribution in [3.05, 3.63) is 42.2 Å². The third kappa shape index (κ3) is 6.38. The molecule has 206 valence electrons. The van der Waals surface area contributed by atoms with Gasteiger partial charge in [0, 0.05) is 55.1 Å². The monoisotopic (exact) mass is 518 g/mol. The first-order valence-electron chi connectivity index (χ1n) is 14.9. The van der Waals surface area contributed by atoms with Crippen LogP contribution in [0.5, 0.6) is 0 Å². The fourth-order valence-electron chi connectivity index (χ4n) is 6.22. The second kappa shape index (κ2) is 12.6. The maximum atomic E-state index is 10.1. The van der Waals surface area contributed by atoms with Crippen LogP contribution in [-0.4, -0.2) is 74.3 Å². The number of aliphatic hydroxyl groups excluding tert-OH is 1. The van der Waals surface area contributed by atoms with Crippen molar-refractivity contribution in [3.8, 4) is 11.1 Å². The predicted molar refractivity (Wildman–Crippen MR) is 156 cm³/mol. The molecule has 0 bridgehead atoms. The average Bonchev–Trinajstić information content (AvgIpc) is 3.14. The molecule has 1 aliphatic heterocycles. The number of hydrogen-bond donors (Lipinski definition) is 2. The summed E-state index contributed by atoms with van der Waals surface area (Å²) in [4.78, 5) is 14.9.